The van der Waals surface area contributed by atoms with Crippen LogP contribution in [0.1, 0.15) is 52.4 Å². The third kappa shape index (κ3) is 3.74. The monoisotopic (exact) mass is 226 g/mol. The molecule has 1 saturated carbocycles. The molecule has 0 radical (unpaired) electrons. The van der Waals surface area contributed by atoms with E-state index in [2.05, 4.69) is 38.2 Å². The zero-order chi connectivity index (χ0) is 12.0. The first-order valence-corrected chi connectivity index (χ1v) is 7.10. The highest BCUT2D eigenvalue weighted by Crippen LogP contribution is 2.28. The van der Waals surface area contributed by atoms with Crippen molar-refractivity contribution < 1.29 is 0 Å². The van der Waals surface area contributed by atoms with Crippen molar-refractivity contribution in [3.63, 3.8) is 0 Å². The van der Waals surface area contributed by atoms with Crippen molar-refractivity contribution in [2.75, 3.05) is 20.6 Å². The second kappa shape index (κ2) is 7.29. The summed E-state index contributed by atoms with van der Waals surface area (Å²) in [5, 5.41) is 3.54. The molecule has 0 amide bonds. The lowest BCUT2D eigenvalue weighted by molar-refractivity contribution is 0.185. The molecular formula is C14H30N2. The molecule has 0 aromatic heterocycles. The van der Waals surface area contributed by atoms with Crippen LogP contribution in [0.2, 0.25) is 0 Å². The molecule has 1 rings (SSSR count). The van der Waals surface area contributed by atoms with Gasteiger partial charge in [0, 0.05) is 18.6 Å². The third-order valence-electron chi connectivity index (χ3n) is 4.39. The zero-order valence-corrected chi connectivity index (χ0v) is 11.6. The molecule has 1 aliphatic carbocycles. The van der Waals surface area contributed by atoms with E-state index in [0.717, 1.165) is 12.0 Å². The number of hydrogen-bond donors (Lipinski definition) is 1. The molecule has 0 heterocycles. The van der Waals surface area contributed by atoms with Crippen LogP contribution >= 0.6 is 0 Å². The maximum absolute atomic E-state index is 3.54. The maximum atomic E-state index is 3.54. The van der Waals surface area contributed by atoms with Crippen LogP contribution in [0.3, 0.4) is 0 Å². The van der Waals surface area contributed by atoms with E-state index >= 15 is 0 Å². The Balaban J connectivity index is 2.41. The molecule has 96 valence electrons. The summed E-state index contributed by atoms with van der Waals surface area (Å²) in [6, 6.07) is 1.46. The minimum Gasteiger partial charge on any atom is -0.315 e. The molecule has 0 aliphatic heterocycles. The van der Waals surface area contributed by atoms with E-state index in [4.69, 9.17) is 0 Å². The molecule has 2 heteroatoms. The molecule has 1 fully saturated rings. The van der Waals surface area contributed by atoms with Crippen LogP contribution in [0.25, 0.3) is 0 Å². The minimum atomic E-state index is 0.702. The molecule has 16 heavy (non-hydrogen) atoms. The highest BCUT2D eigenvalue weighted by atomic mass is 15.1. The van der Waals surface area contributed by atoms with Gasteiger partial charge in [0.05, 0.1) is 0 Å². The lowest BCUT2D eigenvalue weighted by atomic mass is 9.97. The van der Waals surface area contributed by atoms with Crippen molar-refractivity contribution in [3.05, 3.63) is 0 Å². The van der Waals surface area contributed by atoms with Crippen molar-refractivity contribution in [2.24, 2.45) is 5.92 Å². The molecule has 0 bridgehead atoms. The van der Waals surface area contributed by atoms with Gasteiger partial charge < -0.3 is 10.2 Å². The number of nitrogens with zero attached hydrogens (tertiary/aromatic N) is 1. The van der Waals surface area contributed by atoms with Crippen LogP contribution < -0.4 is 5.32 Å². The van der Waals surface area contributed by atoms with Crippen molar-refractivity contribution in [2.45, 2.75) is 64.5 Å². The van der Waals surface area contributed by atoms with Gasteiger partial charge in [0.2, 0.25) is 0 Å². The zero-order valence-electron chi connectivity index (χ0n) is 11.6. The Morgan fingerprint density at radius 2 is 1.75 bits per heavy atom. The molecule has 0 saturated heterocycles. The average Bonchev–Trinajstić information content (AvgIpc) is 2.81. The second-order valence-corrected chi connectivity index (χ2v) is 5.35. The van der Waals surface area contributed by atoms with Gasteiger partial charge in [-0.25, -0.2) is 0 Å². The first kappa shape index (κ1) is 14.0. The maximum Gasteiger partial charge on any atom is 0.0220 e. The van der Waals surface area contributed by atoms with Gasteiger partial charge >= 0.3 is 0 Å². The second-order valence-electron chi connectivity index (χ2n) is 5.35. The average molecular weight is 226 g/mol. The van der Waals surface area contributed by atoms with E-state index in [-0.39, 0.29) is 0 Å². The summed E-state index contributed by atoms with van der Waals surface area (Å²) in [7, 11) is 4.42. The summed E-state index contributed by atoms with van der Waals surface area (Å²) in [6.07, 6.45) is 8.29. The van der Waals surface area contributed by atoms with E-state index in [0.29, 0.717) is 6.04 Å². The van der Waals surface area contributed by atoms with Gasteiger partial charge in [-0.1, -0.05) is 26.7 Å². The molecule has 0 aromatic carbocycles. The van der Waals surface area contributed by atoms with Gasteiger partial charge in [0.1, 0.15) is 0 Å². The van der Waals surface area contributed by atoms with Crippen molar-refractivity contribution >= 4 is 0 Å². The molecule has 1 atom stereocenters. The first-order valence-electron chi connectivity index (χ1n) is 7.10. The Bertz CT molecular complexity index is 172. The smallest absolute Gasteiger partial charge is 0.0220 e. The largest absolute Gasteiger partial charge is 0.315 e. The van der Waals surface area contributed by atoms with Gasteiger partial charge in [0.15, 0.2) is 0 Å². The lowest BCUT2D eigenvalue weighted by Gasteiger charge is -2.32. The fourth-order valence-corrected chi connectivity index (χ4v) is 3.21. The first-order chi connectivity index (χ1) is 7.72. The van der Waals surface area contributed by atoms with E-state index in [1.54, 1.807) is 0 Å². The summed E-state index contributed by atoms with van der Waals surface area (Å²) in [5.41, 5.74) is 0. The third-order valence-corrected chi connectivity index (χ3v) is 4.39. The van der Waals surface area contributed by atoms with Crippen LogP contribution in [0.5, 0.6) is 0 Å². The Morgan fingerprint density at radius 1 is 1.19 bits per heavy atom. The molecule has 1 N–H and O–H groups in total. The van der Waals surface area contributed by atoms with Gasteiger partial charge in [-0.3, -0.25) is 0 Å². The van der Waals surface area contributed by atoms with Crippen molar-refractivity contribution in [1.29, 1.82) is 0 Å². The van der Waals surface area contributed by atoms with E-state index in [1.807, 2.05) is 0 Å². The van der Waals surface area contributed by atoms with E-state index < -0.39 is 0 Å². The predicted molar refractivity (Wildman–Crippen MR) is 71.8 cm³/mol. The van der Waals surface area contributed by atoms with Crippen LogP contribution in [0.4, 0.5) is 0 Å². The quantitative estimate of drug-likeness (QED) is 0.718. The van der Waals surface area contributed by atoms with E-state index in [9.17, 15) is 0 Å². The summed E-state index contributed by atoms with van der Waals surface area (Å²) < 4.78 is 0. The Kier molecular flexibility index (Phi) is 6.37. The molecule has 0 spiro atoms. The van der Waals surface area contributed by atoms with Gasteiger partial charge in [-0.2, -0.15) is 0 Å². The number of hydrogen-bond acceptors (Lipinski definition) is 2. The van der Waals surface area contributed by atoms with E-state index in [1.165, 1.54) is 45.1 Å². The van der Waals surface area contributed by atoms with Gasteiger partial charge in [0.25, 0.3) is 0 Å². The Hall–Kier alpha value is -0.0800. The normalized spacial score (nSPS) is 19.9. The fourth-order valence-electron chi connectivity index (χ4n) is 3.21. The number of likely N-dealkylation sites (N-methyl/N-ethyl adjacent to an activating group) is 2. The Labute approximate surface area is 102 Å². The lowest BCUT2D eigenvalue weighted by Crippen LogP contribution is -2.45. The highest BCUT2D eigenvalue weighted by Gasteiger charge is 2.25. The molecule has 1 aliphatic rings. The molecular weight excluding hydrogens is 196 g/mol. The number of rotatable bonds is 7. The SMILES string of the molecule is CCC(CC)N(C)CC(NC)C1CCCC1. The van der Waals surface area contributed by atoms with Gasteiger partial charge in [-0.15, -0.1) is 0 Å². The molecule has 0 aromatic rings. The van der Waals surface area contributed by atoms with Crippen LogP contribution in [-0.2, 0) is 0 Å². The Morgan fingerprint density at radius 3 is 2.19 bits per heavy atom. The predicted octanol–water partition coefficient (Wildman–Crippen LogP) is 2.89. The molecule has 1 unspecified atom stereocenters. The summed E-state index contributed by atoms with van der Waals surface area (Å²) in [6.45, 7) is 5.82. The van der Waals surface area contributed by atoms with Crippen molar-refractivity contribution in [1.82, 2.24) is 10.2 Å². The highest BCUT2D eigenvalue weighted by molar-refractivity contribution is 4.83. The number of nitrogens with one attached hydrogen (secondary N) is 1. The minimum absolute atomic E-state index is 0.702. The summed E-state index contributed by atoms with van der Waals surface area (Å²) in [4.78, 5) is 2.56. The van der Waals surface area contributed by atoms with Crippen LogP contribution in [-0.4, -0.2) is 37.6 Å². The fraction of sp³-hybridized carbons (Fsp3) is 1.00. The van der Waals surface area contributed by atoms with Gasteiger partial charge in [-0.05, 0) is 45.7 Å². The van der Waals surface area contributed by atoms with Crippen LogP contribution in [0.15, 0.2) is 0 Å². The summed E-state index contributed by atoms with van der Waals surface area (Å²) >= 11 is 0. The standard InChI is InChI=1S/C14H30N2/c1-5-13(6-2)16(4)11-14(15-3)12-9-7-8-10-12/h12-15H,5-11H2,1-4H3. The topological polar surface area (TPSA) is 15.3 Å². The summed E-state index contributed by atoms with van der Waals surface area (Å²) in [5.74, 6) is 0.918. The molecule has 2 nitrogen and oxygen atoms in total. The van der Waals surface area contributed by atoms with Crippen molar-refractivity contribution in [3.8, 4) is 0 Å². The van der Waals surface area contributed by atoms with Crippen LogP contribution in [0, 0.1) is 5.92 Å².